The van der Waals surface area contributed by atoms with Crippen molar-refractivity contribution >= 4 is 21.8 Å². The molecular formula is C32H46N4O7S. The largest absolute Gasteiger partial charge is 0.454 e. The van der Waals surface area contributed by atoms with Crippen LogP contribution in [0.15, 0.2) is 53.4 Å². The molecule has 1 unspecified atom stereocenters. The number of carbonyl (C=O) groups is 2. The van der Waals surface area contributed by atoms with Gasteiger partial charge in [0.25, 0.3) is 0 Å². The third-order valence-corrected chi connectivity index (χ3v) is 9.56. The minimum absolute atomic E-state index is 0.00693. The normalized spacial score (nSPS) is 16.2. The summed E-state index contributed by atoms with van der Waals surface area (Å²) in [6, 6.07) is 14.0. The van der Waals surface area contributed by atoms with Gasteiger partial charge in [-0.15, -0.1) is 0 Å². The molecule has 2 aliphatic rings. The molecule has 1 saturated carbocycles. The quantitative estimate of drug-likeness (QED) is 0.195. The molecule has 1 fully saturated rings. The van der Waals surface area contributed by atoms with Gasteiger partial charge in [-0.3, -0.25) is 9.59 Å². The zero-order valence-electron chi connectivity index (χ0n) is 26.1. The Morgan fingerprint density at radius 3 is 2.41 bits per heavy atom. The van der Waals surface area contributed by atoms with Gasteiger partial charge in [0.2, 0.25) is 28.6 Å². The molecule has 1 aliphatic carbocycles. The van der Waals surface area contributed by atoms with Crippen molar-refractivity contribution in [1.82, 2.24) is 20.3 Å². The van der Waals surface area contributed by atoms with Crippen LogP contribution in [0.1, 0.15) is 58.9 Å². The Morgan fingerprint density at radius 2 is 1.73 bits per heavy atom. The fourth-order valence-corrected chi connectivity index (χ4v) is 6.95. The van der Waals surface area contributed by atoms with Gasteiger partial charge in [0.05, 0.1) is 11.4 Å². The van der Waals surface area contributed by atoms with Gasteiger partial charge >= 0.3 is 0 Å². The van der Waals surface area contributed by atoms with Crippen LogP contribution < -0.4 is 25.4 Å². The Kier molecular flexibility index (Phi) is 10.9. The van der Waals surface area contributed by atoms with E-state index in [2.05, 4.69) is 16.0 Å². The molecule has 44 heavy (non-hydrogen) atoms. The van der Waals surface area contributed by atoms with Crippen LogP contribution in [0.3, 0.4) is 0 Å². The van der Waals surface area contributed by atoms with E-state index in [0.29, 0.717) is 24.1 Å². The van der Waals surface area contributed by atoms with E-state index in [1.165, 1.54) is 12.1 Å². The predicted molar refractivity (Wildman–Crippen MR) is 166 cm³/mol. The second kappa shape index (κ2) is 14.3. The molecule has 2 aromatic rings. The molecule has 0 radical (unpaired) electrons. The van der Waals surface area contributed by atoms with E-state index >= 15 is 0 Å². The van der Waals surface area contributed by atoms with E-state index in [9.17, 15) is 23.1 Å². The van der Waals surface area contributed by atoms with E-state index in [0.717, 1.165) is 22.7 Å². The van der Waals surface area contributed by atoms with E-state index < -0.39 is 21.2 Å². The number of nitrogens with one attached hydrogen (secondary N) is 3. The van der Waals surface area contributed by atoms with Crippen LogP contribution in [0.5, 0.6) is 11.5 Å². The summed E-state index contributed by atoms with van der Waals surface area (Å²) in [4.78, 5) is 25.1. The van der Waals surface area contributed by atoms with E-state index in [1.54, 1.807) is 6.07 Å². The maximum atomic E-state index is 14.1. The summed E-state index contributed by atoms with van der Waals surface area (Å²) >= 11 is 0. The molecule has 4 rings (SSSR count). The lowest BCUT2D eigenvalue weighted by molar-refractivity contribution is -0.125. The Morgan fingerprint density at radius 1 is 1.02 bits per heavy atom. The highest BCUT2D eigenvalue weighted by atomic mass is 32.2. The Labute approximate surface area is 260 Å². The molecule has 0 spiro atoms. The van der Waals surface area contributed by atoms with Gasteiger partial charge in [0.1, 0.15) is 5.72 Å². The van der Waals surface area contributed by atoms with Gasteiger partial charge in [0.15, 0.2) is 11.5 Å². The van der Waals surface area contributed by atoms with Crippen molar-refractivity contribution in [2.45, 2.75) is 76.5 Å². The Bertz CT molecular complexity index is 1400. The van der Waals surface area contributed by atoms with Crippen molar-refractivity contribution in [2.75, 3.05) is 33.0 Å². The molecule has 4 N–H and O–H groups in total. The first-order valence-corrected chi connectivity index (χ1v) is 16.7. The standard InChI is InChI=1S/C32H46N4O7S/c1-23(2)20-36(44(40,41)26-12-13-27-28(16-26)43-22-42-27)32(39,17-24-8-6-5-7-9-24)14-15-33-29(37)18-31(3,4)21-35-30(38)19-34-25-10-11-25/h5-9,12-13,16,23,25,34,39H,10-11,14-15,17-22H2,1-4H3,(H,33,37)(H,35,38). The number of carbonyl (C=O) groups excluding carboxylic acids is 2. The third-order valence-electron chi connectivity index (χ3n) is 7.64. The highest BCUT2D eigenvalue weighted by Crippen LogP contribution is 2.37. The lowest BCUT2D eigenvalue weighted by Gasteiger charge is -2.40. The van der Waals surface area contributed by atoms with Crippen molar-refractivity contribution < 1.29 is 32.6 Å². The van der Waals surface area contributed by atoms with Gasteiger partial charge < -0.3 is 30.5 Å². The summed E-state index contributed by atoms with van der Waals surface area (Å²) < 4.78 is 40.2. The molecule has 12 heteroatoms. The number of nitrogens with zero attached hydrogens (tertiary/aromatic N) is 1. The topological polar surface area (TPSA) is 146 Å². The van der Waals surface area contributed by atoms with Gasteiger partial charge in [-0.25, -0.2) is 8.42 Å². The Hall–Kier alpha value is -3.19. The number of aliphatic hydroxyl groups is 1. The first-order chi connectivity index (χ1) is 20.8. The van der Waals surface area contributed by atoms with Gasteiger partial charge in [-0.1, -0.05) is 58.0 Å². The Balaban J connectivity index is 1.46. The number of amides is 2. The SMILES string of the molecule is CC(C)CN(C(O)(CCNC(=O)CC(C)(C)CNC(=O)CNC1CC1)Cc1ccccc1)S(=O)(=O)c1ccc2c(c1)OCO2. The fraction of sp³-hybridized carbons (Fsp3) is 0.562. The van der Waals surface area contributed by atoms with Crippen LogP contribution in [0, 0.1) is 11.3 Å². The molecule has 1 aliphatic heterocycles. The predicted octanol–water partition coefficient (Wildman–Crippen LogP) is 2.78. The summed E-state index contributed by atoms with van der Waals surface area (Å²) in [5, 5.41) is 21.2. The lowest BCUT2D eigenvalue weighted by atomic mass is 9.88. The van der Waals surface area contributed by atoms with Crippen LogP contribution >= 0.6 is 0 Å². The summed E-state index contributed by atoms with van der Waals surface area (Å²) in [6.45, 7) is 8.26. The summed E-state index contributed by atoms with van der Waals surface area (Å²) in [6.07, 6.45) is 2.31. The number of fused-ring (bicyclic) bond motifs is 1. The maximum absolute atomic E-state index is 14.1. The molecule has 1 heterocycles. The summed E-state index contributed by atoms with van der Waals surface area (Å²) in [7, 11) is -4.21. The van der Waals surface area contributed by atoms with Crippen molar-refractivity contribution in [1.29, 1.82) is 0 Å². The molecule has 1 atom stereocenters. The smallest absolute Gasteiger partial charge is 0.245 e. The number of sulfonamides is 1. The number of hydrogen-bond donors (Lipinski definition) is 4. The van der Waals surface area contributed by atoms with Gasteiger partial charge in [-0.05, 0) is 41.9 Å². The number of hydrogen-bond acceptors (Lipinski definition) is 8. The molecule has 0 bridgehead atoms. The van der Waals surface area contributed by atoms with Crippen molar-refractivity contribution in [2.24, 2.45) is 11.3 Å². The number of ether oxygens (including phenoxy) is 2. The summed E-state index contributed by atoms with van der Waals surface area (Å²) in [5.74, 6) is 0.319. The molecular weight excluding hydrogens is 584 g/mol. The second-order valence-corrected chi connectivity index (χ2v) is 14.8. The van der Waals surface area contributed by atoms with Crippen LogP contribution in [0.2, 0.25) is 0 Å². The zero-order valence-corrected chi connectivity index (χ0v) is 26.9. The molecule has 242 valence electrons. The average molecular weight is 631 g/mol. The average Bonchev–Trinajstić information content (AvgIpc) is 3.67. The summed E-state index contributed by atoms with van der Waals surface area (Å²) in [5.41, 5.74) is -1.61. The van der Waals surface area contributed by atoms with Crippen LogP contribution in [0.25, 0.3) is 0 Å². The molecule has 2 amide bonds. The van der Waals surface area contributed by atoms with Crippen molar-refractivity contribution in [3.63, 3.8) is 0 Å². The first kappa shape index (κ1) is 33.7. The van der Waals surface area contributed by atoms with Crippen LogP contribution in [0.4, 0.5) is 0 Å². The molecule has 0 aromatic heterocycles. The minimum atomic E-state index is -4.21. The van der Waals surface area contributed by atoms with Crippen LogP contribution in [-0.2, 0) is 26.0 Å². The van der Waals surface area contributed by atoms with Gasteiger partial charge in [0, 0.05) is 51.0 Å². The zero-order chi connectivity index (χ0) is 32.0. The molecule has 0 saturated heterocycles. The minimum Gasteiger partial charge on any atom is -0.454 e. The third kappa shape index (κ3) is 9.40. The highest BCUT2D eigenvalue weighted by Gasteiger charge is 2.43. The maximum Gasteiger partial charge on any atom is 0.245 e. The highest BCUT2D eigenvalue weighted by molar-refractivity contribution is 7.89. The second-order valence-electron chi connectivity index (χ2n) is 13.0. The van der Waals surface area contributed by atoms with Crippen molar-refractivity contribution in [3.05, 3.63) is 54.1 Å². The van der Waals surface area contributed by atoms with E-state index in [4.69, 9.17) is 9.47 Å². The van der Waals surface area contributed by atoms with E-state index in [1.807, 2.05) is 58.0 Å². The fourth-order valence-electron chi connectivity index (χ4n) is 5.10. The number of rotatable bonds is 17. The lowest BCUT2D eigenvalue weighted by Crippen LogP contribution is -2.55. The monoisotopic (exact) mass is 630 g/mol. The number of benzene rings is 2. The van der Waals surface area contributed by atoms with Crippen molar-refractivity contribution in [3.8, 4) is 11.5 Å². The van der Waals surface area contributed by atoms with E-state index in [-0.39, 0.29) is 68.3 Å². The molecule has 11 nitrogen and oxygen atoms in total. The van der Waals surface area contributed by atoms with Gasteiger partial charge in [-0.2, -0.15) is 4.31 Å². The van der Waals surface area contributed by atoms with Crippen LogP contribution in [-0.4, -0.2) is 74.4 Å². The first-order valence-electron chi connectivity index (χ1n) is 15.2. The molecule has 2 aromatic carbocycles.